The molecule has 3 aliphatic heterocycles. The first kappa shape index (κ1) is 65.9. The maximum Gasteiger partial charge on any atom is 0.313 e. The molecule has 0 unspecified atom stereocenters. The van der Waals surface area contributed by atoms with E-state index < -0.39 is 153 Å². The number of carboxylic acid groups (broad SMARTS) is 1. The lowest BCUT2D eigenvalue weighted by Gasteiger charge is -2.44. The quantitative estimate of drug-likeness (QED) is 0.0685. The molecule has 0 aromatic heterocycles. The third-order valence-electron chi connectivity index (χ3n) is 14.1. The van der Waals surface area contributed by atoms with Gasteiger partial charge in [-0.2, -0.15) is 0 Å². The SMILES string of the molecule is C[C@H](C[C@H](C)[C@@H]1OC(=O)CC(=O)CCCC(=O)C[C@@H](O)C[C@@H](O)C[C@@H](O)C[C@]2(O)C[C@H](O)[C@H](C(=O)O)[C@H](C[C@H](O[C@@H]3O[C@@H](C)[C@@H](O)C(=O)[C@H]3O)/C=C/C=C/C=C/C=C/C=C/C=C/C=C/[C@@H]1C)O2)[C@H](O)CC(=O)c1ccc(N)cc1. The fraction of sp³-hybridized carbons (Fsp3) is 0.559. The molecule has 0 saturated carbocycles. The molecule has 79 heavy (non-hydrogen) atoms. The average Bonchev–Trinajstić information content (AvgIpc) is 3.37. The van der Waals surface area contributed by atoms with Crippen LogP contribution in [0.3, 0.4) is 0 Å². The number of carbonyl (C=O) groups is 6. The molecule has 0 aliphatic carbocycles. The van der Waals surface area contributed by atoms with Crippen LogP contribution in [0.4, 0.5) is 5.69 Å². The number of fused-ring (bicyclic) bond motifs is 2. The van der Waals surface area contributed by atoms with Gasteiger partial charge in [-0.3, -0.25) is 28.8 Å². The van der Waals surface area contributed by atoms with Gasteiger partial charge in [0.15, 0.2) is 29.7 Å². The van der Waals surface area contributed by atoms with Crippen LogP contribution in [-0.2, 0) is 42.9 Å². The molecular weight excluding hydrogens is 1030 g/mol. The number of esters is 1. The number of ketones is 4. The summed E-state index contributed by atoms with van der Waals surface area (Å²) < 4.78 is 23.4. The van der Waals surface area contributed by atoms with Crippen molar-refractivity contribution in [3.8, 4) is 0 Å². The minimum absolute atomic E-state index is 0.0589. The van der Waals surface area contributed by atoms with Gasteiger partial charge in [0.1, 0.15) is 36.1 Å². The van der Waals surface area contributed by atoms with E-state index in [1.807, 2.05) is 19.9 Å². The number of nitrogens with two attached hydrogens (primary N) is 1. The summed E-state index contributed by atoms with van der Waals surface area (Å²) in [5.41, 5.74) is 6.68. The summed E-state index contributed by atoms with van der Waals surface area (Å²) in [5, 5.41) is 97.2. The third kappa shape index (κ3) is 22.4. The van der Waals surface area contributed by atoms with Gasteiger partial charge < -0.3 is 70.6 Å². The van der Waals surface area contributed by atoms with Crippen molar-refractivity contribution in [3.05, 3.63) is 115 Å². The number of benzene rings is 1. The largest absolute Gasteiger partial charge is 0.481 e. The van der Waals surface area contributed by atoms with Crippen LogP contribution in [0.25, 0.3) is 0 Å². The van der Waals surface area contributed by atoms with Crippen molar-refractivity contribution in [2.24, 2.45) is 23.7 Å². The summed E-state index contributed by atoms with van der Waals surface area (Å²) in [4.78, 5) is 77.2. The van der Waals surface area contributed by atoms with Crippen LogP contribution in [0.1, 0.15) is 115 Å². The van der Waals surface area contributed by atoms with Gasteiger partial charge in [-0.25, -0.2) is 0 Å². The van der Waals surface area contributed by atoms with Crippen LogP contribution < -0.4 is 5.73 Å². The Hall–Kier alpha value is -5.62. The first-order chi connectivity index (χ1) is 37.4. The maximum atomic E-state index is 13.3. The highest BCUT2D eigenvalue weighted by Gasteiger charge is 2.51. The van der Waals surface area contributed by atoms with Crippen molar-refractivity contribution in [2.45, 2.75) is 184 Å². The predicted molar refractivity (Wildman–Crippen MR) is 289 cm³/mol. The molecule has 3 heterocycles. The second-order valence-corrected chi connectivity index (χ2v) is 21.1. The van der Waals surface area contributed by atoms with Gasteiger partial charge in [0.25, 0.3) is 0 Å². The maximum absolute atomic E-state index is 13.3. The van der Waals surface area contributed by atoms with Gasteiger partial charge in [0.05, 0.1) is 48.8 Å². The third-order valence-corrected chi connectivity index (χ3v) is 14.1. The molecule has 20 nitrogen and oxygen atoms in total. The molecule has 1 aromatic rings. The minimum Gasteiger partial charge on any atom is -0.481 e. The van der Waals surface area contributed by atoms with Crippen LogP contribution in [0, 0.1) is 23.7 Å². The number of hydrogen-bond acceptors (Lipinski definition) is 19. The van der Waals surface area contributed by atoms with Crippen molar-refractivity contribution in [1.29, 1.82) is 0 Å². The Morgan fingerprint density at radius 3 is 1.92 bits per heavy atom. The number of nitrogen functional groups attached to an aromatic ring is 1. The number of anilines is 1. The zero-order valence-electron chi connectivity index (χ0n) is 45.3. The fourth-order valence-corrected chi connectivity index (χ4v) is 9.87. The molecule has 1 aromatic carbocycles. The van der Waals surface area contributed by atoms with Crippen molar-refractivity contribution < 1.29 is 93.7 Å². The molecule has 2 saturated heterocycles. The van der Waals surface area contributed by atoms with Crippen LogP contribution in [0.5, 0.6) is 0 Å². The second kappa shape index (κ2) is 32.6. The van der Waals surface area contributed by atoms with E-state index >= 15 is 0 Å². The number of aliphatic carboxylic acids is 1. The Kier molecular flexibility index (Phi) is 27.2. The van der Waals surface area contributed by atoms with Crippen molar-refractivity contribution in [3.63, 3.8) is 0 Å². The van der Waals surface area contributed by atoms with E-state index in [1.54, 1.807) is 98.0 Å². The lowest BCUT2D eigenvalue weighted by molar-refractivity contribution is -0.305. The van der Waals surface area contributed by atoms with Crippen LogP contribution in [0.15, 0.2) is 109 Å². The van der Waals surface area contributed by atoms with Gasteiger partial charge >= 0.3 is 11.9 Å². The summed E-state index contributed by atoms with van der Waals surface area (Å²) in [6.07, 6.45) is 3.62. The topological polar surface area (TPSA) is 347 Å². The summed E-state index contributed by atoms with van der Waals surface area (Å²) in [7, 11) is 0. The Morgan fingerprint density at radius 2 is 1.32 bits per heavy atom. The molecule has 0 radical (unpaired) electrons. The fourth-order valence-electron chi connectivity index (χ4n) is 9.87. The number of aliphatic hydroxyl groups is 8. The number of Topliss-reactive ketones (excluding diaryl/α,β-unsaturated/α-hetero) is 4. The number of allylic oxidation sites excluding steroid dienone is 12. The summed E-state index contributed by atoms with van der Waals surface area (Å²) in [6.45, 7) is 6.91. The monoisotopic (exact) mass is 1110 g/mol. The van der Waals surface area contributed by atoms with Gasteiger partial charge in [-0.1, -0.05) is 106 Å². The van der Waals surface area contributed by atoms with Crippen LogP contribution in [-0.4, -0.2) is 160 Å². The second-order valence-electron chi connectivity index (χ2n) is 21.1. The zero-order chi connectivity index (χ0) is 58.4. The van der Waals surface area contributed by atoms with E-state index in [1.165, 1.54) is 19.1 Å². The summed E-state index contributed by atoms with van der Waals surface area (Å²) >= 11 is 0. The molecule has 17 atom stereocenters. The molecule has 20 heteroatoms. The van der Waals surface area contributed by atoms with E-state index in [0.717, 1.165) is 0 Å². The molecular formula is C59H81NO19. The Labute approximate surface area is 461 Å². The number of cyclic esters (lactones) is 1. The zero-order valence-corrected chi connectivity index (χ0v) is 45.3. The smallest absolute Gasteiger partial charge is 0.313 e. The Balaban J connectivity index is 1.54. The van der Waals surface area contributed by atoms with Gasteiger partial charge in [0, 0.05) is 62.1 Å². The van der Waals surface area contributed by atoms with Crippen LogP contribution in [0.2, 0.25) is 0 Å². The van der Waals surface area contributed by atoms with Crippen molar-refractivity contribution in [1.82, 2.24) is 0 Å². The first-order valence-electron chi connectivity index (χ1n) is 26.9. The lowest BCUT2D eigenvalue weighted by Crippen LogP contribution is -2.57. The number of carbonyl (C=O) groups excluding carboxylic acids is 5. The average molecular weight is 1110 g/mol. The highest BCUT2D eigenvalue weighted by molar-refractivity contribution is 5.97. The predicted octanol–water partition coefficient (Wildman–Crippen LogP) is 4.01. The van der Waals surface area contributed by atoms with E-state index in [2.05, 4.69) is 0 Å². The Morgan fingerprint density at radius 1 is 0.747 bits per heavy atom. The van der Waals surface area contributed by atoms with Gasteiger partial charge in [-0.15, -0.1) is 0 Å². The normalized spacial score (nSPS) is 36.0. The van der Waals surface area contributed by atoms with Gasteiger partial charge in [-0.05, 0) is 68.7 Å². The van der Waals surface area contributed by atoms with Crippen molar-refractivity contribution >= 4 is 40.8 Å². The molecule has 2 bridgehead atoms. The number of rotatable bonds is 10. The number of hydrogen-bond donors (Lipinski definition) is 10. The lowest BCUT2D eigenvalue weighted by atomic mass is 9.82. The van der Waals surface area contributed by atoms with E-state index in [4.69, 9.17) is 24.7 Å². The number of aliphatic hydroxyl groups excluding tert-OH is 7. The standard InChI is InChI=1S/C59H81NO19/c1-35-18-15-13-11-9-7-5-6-8-10-12-14-16-21-46(77-58-55(72)54(71)53(70)38(4)76-58)31-50-52(57(73)74)49(68)34-59(75,79-50)33-45(65)29-44(64)28-43(63)27-41(61)19-17-20-42(62)30-51(69)78-56(35)37(3)26-36(2)47(66)32-48(67)39-22-24-40(60)25-23-39/h5-16,18,21-25,35-38,43-47,49-50,52-53,55-56,58,63-66,68,70,72,75H,17,19-20,26-34,60H2,1-4H3,(H,73,74)/b6-5+,9-7+,10-8+,13-11+,14-12+,18-15+,21-16+/t35-,36+,37-,38-,43+,44+,45+,46+,47+,49-,50-,52-,53+,55+,56+,58-,59+/m0/s1. The summed E-state index contributed by atoms with van der Waals surface area (Å²) in [6, 6.07) is 6.42. The molecule has 436 valence electrons. The highest BCUT2D eigenvalue weighted by atomic mass is 16.7. The molecule has 0 amide bonds. The van der Waals surface area contributed by atoms with Crippen LogP contribution >= 0.6 is 0 Å². The van der Waals surface area contributed by atoms with E-state index in [9.17, 15) is 74.7 Å². The number of ether oxygens (including phenoxy) is 4. The van der Waals surface area contributed by atoms with Crippen molar-refractivity contribution in [2.75, 3.05) is 5.73 Å². The minimum atomic E-state index is -2.36. The van der Waals surface area contributed by atoms with E-state index in [0.29, 0.717) is 17.7 Å². The highest BCUT2D eigenvalue weighted by Crippen LogP contribution is 2.38. The number of carboxylic acids is 1. The van der Waals surface area contributed by atoms with E-state index in [-0.39, 0.29) is 55.6 Å². The molecule has 11 N–H and O–H groups in total. The molecule has 0 spiro atoms. The summed E-state index contributed by atoms with van der Waals surface area (Å²) in [5.74, 6) is -9.47. The Bertz CT molecular complexity index is 2380. The molecule has 2 fully saturated rings. The first-order valence-corrected chi connectivity index (χ1v) is 26.9. The molecule has 3 aliphatic rings. The van der Waals surface area contributed by atoms with Gasteiger partial charge in [0.2, 0.25) is 0 Å². The molecule has 4 rings (SSSR count).